The van der Waals surface area contributed by atoms with E-state index >= 15 is 0 Å². The van der Waals surface area contributed by atoms with Crippen molar-refractivity contribution in [1.82, 2.24) is 10.6 Å². The van der Waals surface area contributed by atoms with Crippen LogP contribution in [-0.2, 0) is 6.54 Å². The highest BCUT2D eigenvalue weighted by atomic mass is 19.4. The molecule has 2 N–H and O–H groups in total. The number of guanidine groups is 1. The van der Waals surface area contributed by atoms with Gasteiger partial charge >= 0.3 is 6.18 Å². The molecule has 0 aliphatic carbocycles. The molecule has 0 unspecified atom stereocenters. The predicted molar refractivity (Wildman–Crippen MR) is 83.0 cm³/mol. The first-order valence-corrected chi connectivity index (χ1v) is 7.09. The number of benzene rings is 1. The van der Waals surface area contributed by atoms with Crippen molar-refractivity contribution in [2.45, 2.75) is 32.6 Å². The zero-order valence-electron chi connectivity index (χ0n) is 13.6. The Balaban J connectivity index is 2.71. The lowest BCUT2D eigenvalue weighted by atomic mass is 10.2. The summed E-state index contributed by atoms with van der Waals surface area (Å²) in [4.78, 5) is 4.07. The average molecular weight is 333 g/mol. The second kappa shape index (κ2) is 8.50. The highest BCUT2D eigenvalue weighted by Gasteiger charge is 2.29. The summed E-state index contributed by atoms with van der Waals surface area (Å²) in [6.45, 7) is 3.07. The molecule has 5 nitrogen and oxygen atoms in total. The highest BCUT2D eigenvalue weighted by Crippen LogP contribution is 2.29. The first kappa shape index (κ1) is 18.9. The second-order valence-corrected chi connectivity index (χ2v) is 5.11. The molecule has 0 fully saturated rings. The molecule has 0 aromatic heterocycles. The monoisotopic (exact) mass is 333 g/mol. The van der Waals surface area contributed by atoms with Crippen LogP contribution in [0.1, 0.15) is 19.4 Å². The standard InChI is InChI=1S/C15H22F3N3O2/c1-10(2)21-14(19-3)20-8-11-5-6-12(13(7-11)22-4)23-9-15(16,17)18/h5-7,10H,8-9H2,1-4H3,(H2,19,20,21). The summed E-state index contributed by atoms with van der Waals surface area (Å²) in [6.07, 6.45) is -4.39. The number of alkyl halides is 3. The number of nitrogens with one attached hydrogen (secondary N) is 2. The van der Waals surface area contributed by atoms with Gasteiger partial charge in [0, 0.05) is 19.6 Å². The Labute approximate surface area is 133 Å². The number of ether oxygens (including phenoxy) is 2. The molecule has 1 aromatic rings. The number of methoxy groups -OCH3 is 1. The van der Waals surface area contributed by atoms with Crippen LogP contribution in [0.15, 0.2) is 23.2 Å². The fourth-order valence-electron chi connectivity index (χ4n) is 1.75. The lowest BCUT2D eigenvalue weighted by Crippen LogP contribution is -2.40. The number of hydrogen-bond acceptors (Lipinski definition) is 3. The van der Waals surface area contributed by atoms with Crippen LogP contribution in [0.2, 0.25) is 0 Å². The molecule has 0 aliphatic rings. The third kappa shape index (κ3) is 7.12. The van der Waals surface area contributed by atoms with Gasteiger partial charge in [-0.05, 0) is 31.5 Å². The number of rotatable bonds is 6. The van der Waals surface area contributed by atoms with Crippen molar-refractivity contribution < 1.29 is 22.6 Å². The highest BCUT2D eigenvalue weighted by molar-refractivity contribution is 5.79. The molecule has 8 heteroatoms. The molecular weight excluding hydrogens is 311 g/mol. The molecule has 0 heterocycles. The van der Waals surface area contributed by atoms with Crippen molar-refractivity contribution in [3.63, 3.8) is 0 Å². The van der Waals surface area contributed by atoms with Crippen LogP contribution in [0.5, 0.6) is 11.5 Å². The minimum absolute atomic E-state index is 0.0539. The van der Waals surface area contributed by atoms with E-state index in [-0.39, 0.29) is 17.5 Å². The predicted octanol–water partition coefficient (Wildman–Crippen LogP) is 2.71. The molecule has 0 amide bonds. The third-order valence-electron chi connectivity index (χ3n) is 2.73. The molecule has 0 saturated carbocycles. The van der Waals surface area contributed by atoms with Crippen molar-refractivity contribution in [2.24, 2.45) is 4.99 Å². The maximum Gasteiger partial charge on any atom is 0.422 e. The van der Waals surface area contributed by atoms with Gasteiger partial charge in [-0.15, -0.1) is 0 Å². The largest absolute Gasteiger partial charge is 0.493 e. The van der Waals surface area contributed by atoms with Gasteiger partial charge in [0.2, 0.25) is 0 Å². The van der Waals surface area contributed by atoms with E-state index in [1.165, 1.54) is 13.2 Å². The zero-order valence-corrected chi connectivity index (χ0v) is 13.6. The summed E-state index contributed by atoms with van der Waals surface area (Å²) in [7, 11) is 3.04. The van der Waals surface area contributed by atoms with E-state index in [9.17, 15) is 13.2 Å². The first-order chi connectivity index (χ1) is 10.7. The third-order valence-corrected chi connectivity index (χ3v) is 2.73. The van der Waals surface area contributed by atoms with E-state index in [4.69, 9.17) is 9.47 Å². The molecule has 1 aromatic carbocycles. The smallest absolute Gasteiger partial charge is 0.422 e. The molecule has 23 heavy (non-hydrogen) atoms. The van der Waals surface area contributed by atoms with Gasteiger partial charge in [0.1, 0.15) is 0 Å². The van der Waals surface area contributed by atoms with Crippen molar-refractivity contribution in [3.05, 3.63) is 23.8 Å². The molecule has 130 valence electrons. The summed E-state index contributed by atoms with van der Waals surface area (Å²) in [5, 5.41) is 6.24. The summed E-state index contributed by atoms with van der Waals surface area (Å²) in [6, 6.07) is 4.99. The Bertz CT molecular complexity index is 531. The van der Waals surface area contributed by atoms with Crippen LogP contribution in [-0.4, -0.2) is 38.9 Å². The van der Waals surface area contributed by atoms with E-state index in [1.807, 2.05) is 13.8 Å². The molecule has 0 atom stereocenters. The molecular formula is C15H22F3N3O2. The van der Waals surface area contributed by atoms with Gasteiger partial charge in [-0.3, -0.25) is 4.99 Å². The Kier molecular flexibility index (Phi) is 6.99. The van der Waals surface area contributed by atoms with Crippen LogP contribution in [0.25, 0.3) is 0 Å². The average Bonchev–Trinajstić information content (AvgIpc) is 2.48. The SMILES string of the molecule is CN=C(NCc1ccc(OCC(F)(F)F)c(OC)c1)NC(C)C. The van der Waals surface area contributed by atoms with E-state index in [2.05, 4.69) is 15.6 Å². The van der Waals surface area contributed by atoms with E-state index in [1.54, 1.807) is 19.2 Å². The maximum absolute atomic E-state index is 12.2. The lowest BCUT2D eigenvalue weighted by Gasteiger charge is -2.16. The van der Waals surface area contributed by atoms with Crippen molar-refractivity contribution in [3.8, 4) is 11.5 Å². The van der Waals surface area contributed by atoms with Crippen molar-refractivity contribution in [2.75, 3.05) is 20.8 Å². The Hall–Kier alpha value is -2.12. The summed E-state index contributed by atoms with van der Waals surface area (Å²) < 4.78 is 46.5. The van der Waals surface area contributed by atoms with Crippen molar-refractivity contribution >= 4 is 5.96 Å². The van der Waals surface area contributed by atoms with E-state index in [0.717, 1.165) is 5.56 Å². The summed E-state index contributed by atoms with van der Waals surface area (Å²) >= 11 is 0. The van der Waals surface area contributed by atoms with E-state index < -0.39 is 12.8 Å². The molecule has 0 aliphatic heterocycles. The lowest BCUT2D eigenvalue weighted by molar-refractivity contribution is -0.153. The number of aliphatic imine (C=N–C) groups is 1. The Morgan fingerprint density at radius 1 is 1.26 bits per heavy atom. The van der Waals surface area contributed by atoms with Crippen LogP contribution in [0, 0.1) is 0 Å². The van der Waals surface area contributed by atoms with E-state index in [0.29, 0.717) is 12.5 Å². The topological polar surface area (TPSA) is 54.9 Å². The van der Waals surface area contributed by atoms with Crippen LogP contribution >= 0.6 is 0 Å². The van der Waals surface area contributed by atoms with Gasteiger partial charge in [0.15, 0.2) is 24.1 Å². The number of halogens is 3. The molecule has 0 radical (unpaired) electrons. The minimum atomic E-state index is -4.39. The molecule has 1 rings (SSSR count). The van der Waals surface area contributed by atoms with Gasteiger partial charge in [-0.2, -0.15) is 13.2 Å². The zero-order chi connectivity index (χ0) is 17.5. The van der Waals surface area contributed by atoms with Crippen LogP contribution in [0.4, 0.5) is 13.2 Å². The maximum atomic E-state index is 12.2. The van der Waals surface area contributed by atoms with Gasteiger partial charge in [0.05, 0.1) is 7.11 Å². The molecule has 0 saturated heterocycles. The summed E-state index contributed by atoms with van der Waals surface area (Å²) in [5.74, 6) is 0.940. The Morgan fingerprint density at radius 3 is 2.48 bits per heavy atom. The molecule has 0 spiro atoms. The number of nitrogens with zero attached hydrogens (tertiary/aromatic N) is 1. The fourth-order valence-corrected chi connectivity index (χ4v) is 1.75. The fraction of sp³-hybridized carbons (Fsp3) is 0.533. The van der Waals surface area contributed by atoms with Crippen LogP contribution < -0.4 is 20.1 Å². The minimum Gasteiger partial charge on any atom is -0.493 e. The van der Waals surface area contributed by atoms with Gasteiger partial charge in [-0.1, -0.05) is 6.07 Å². The van der Waals surface area contributed by atoms with Gasteiger partial charge in [-0.25, -0.2) is 0 Å². The Morgan fingerprint density at radius 2 is 1.96 bits per heavy atom. The first-order valence-electron chi connectivity index (χ1n) is 7.09. The summed E-state index contributed by atoms with van der Waals surface area (Å²) in [5.41, 5.74) is 0.827. The van der Waals surface area contributed by atoms with Crippen LogP contribution in [0.3, 0.4) is 0 Å². The van der Waals surface area contributed by atoms with Gasteiger partial charge in [0.25, 0.3) is 0 Å². The van der Waals surface area contributed by atoms with Gasteiger partial charge < -0.3 is 20.1 Å². The normalized spacial score (nSPS) is 12.3. The van der Waals surface area contributed by atoms with Crippen molar-refractivity contribution in [1.29, 1.82) is 0 Å². The number of hydrogen-bond donors (Lipinski definition) is 2. The quantitative estimate of drug-likeness (QED) is 0.621. The second-order valence-electron chi connectivity index (χ2n) is 5.11. The molecule has 0 bridgehead atoms.